The third-order valence-electron chi connectivity index (χ3n) is 6.12. The van der Waals surface area contributed by atoms with Crippen LogP contribution in [0.25, 0.3) is 0 Å². The normalized spacial score (nSPS) is 17.5. The van der Waals surface area contributed by atoms with E-state index in [-0.39, 0.29) is 22.4 Å². The fourth-order valence-corrected chi connectivity index (χ4v) is 5.99. The summed E-state index contributed by atoms with van der Waals surface area (Å²) in [5.41, 5.74) is 1.89. The van der Waals surface area contributed by atoms with Crippen LogP contribution in [0.4, 0.5) is 5.69 Å². The Bertz CT molecular complexity index is 1280. The van der Waals surface area contributed by atoms with Crippen LogP contribution in [0.1, 0.15) is 28.2 Å². The molecule has 0 saturated heterocycles. The molecule has 2 aliphatic heterocycles. The van der Waals surface area contributed by atoms with E-state index < -0.39 is 10.0 Å². The van der Waals surface area contributed by atoms with Gasteiger partial charge in [0.25, 0.3) is 15.9 Å². The topological polar surface area (TPSA) is 93.5 Å². The lowest BCUT2D eigenvalue weighted by atomic mass is 10.1. The van der Waals surface area contributed by atoms with E-state index in [1.54, 1.807) is 12.3 Å². The number of ether oxygens (including phenoxy) is 1. The van der Waals surface area contributed by atoms with Gasteiger partial charge in [0.05, 0.1) is 23.3 Å². The van der Waals surface area contributed by atoms with Crippen LogP contribution < -0.4 is 14.4 Å². The molecule has 9 heteroatoms. The molecular weight excluding hydrogens is 428 g/mol. The van der Waals surface area contributed by atoms with Crippen LogP contribution in [0.2, 0.25) is 0 Å². The second kappa shape index (κ2) is 7.98. The van der Waals surface area contributed by atoms with Crippen molar-refractivity contribution >= 4 is 21.6 Å². The standard InChI is InChI=1S/C23H24N4O4S/c1-31-21-8-7-18(32(29,30)27-12-10-16-4-2-3-5-20(16)27)14-19(21)23(28)25-17-6-9-22-24-11-13-26(22)15-17/h2-5,7-8,11,13-14,17H,6,9-10,12,15H2,1H3,(H,25,28)/t17-/m0/s1. The Balaban J connectivity index is 1.42. The van der Waals surface area contributed by atoms with Crippen molar-refractivity contribution in [3.8, 4) is 5.75 Å². The number of fused-ring (bicyclic) bond motifs is 2. The minimum Gasteiger partial charge on any atom is -0.496 e. The number of methoxy groups -OCH3 is 1. The smallest absolute Gasteiger partial charge is 0.264 e. The number of carbonyl (C=O) groups is 1. The molecule has 0 saturated carbocycles. The molecule has 3 aromatic rings. The number of benzene rings is 2. The lowest BCUT2D eigenvalue weighted by molar-refractivity contribution is 0.0924. The molecule has 2 aromatic carbocycles. The van der Waals surface area contributed by atoms with Gasteiger partial charge in [0.15, 0.2) is 0 Å². The van der Waals surface area contributed by atoms with Gasteiger partial charge in [-0.1, -0.05) is 18.2 Å². The zero-order valence-electron chi connectivity index (χ0n) is 17.7. The molecule has 166 valence electrons. The van der Waals surface area contributed by atoms with Gasteiger partial charge in [-0.15, -0.1) is 0 Å². The third-order valence-corrected chi connectivity index (χ3v) is 7.93. The van der Waals surface area contributed by atoms with Crippen LogP contribution in [0.5, 0.6) is 5.75 Å². The SMILES string of the molecule is COc1ccc(S(=O)(=O)N2CCc3ccccc32)cc1C(=O)N[C@H]1CCc2nccn2C1. The van der Waals surface area contributed by atoms with Crippen molar-refractivity contribution in [2.75, 3.05) is 18.0 Å². The number of aromatic nitrogens is 2. The van der Waals surface area contributed by atoms with Crippen LogP contribution in [0.3, 0.4) is 0 Å². The molecule has 0 aliphatic carbocycles. The number of nitrogens with zero attached hydrogens (tertiary/aromatic N) is 3. The molecule has 5 rings (SSSR count). The first kappa shape index (κ1) is 20.6. The van der Waals surface area contributed by atoms with Gasteiger partial charge < -0.3 is 14.6 Å². The maximum absolute atomic E-state index is 13.4. The van der Waals surface area contributed by atoms with Gasteiger partial charge in [0.1, 0.15) is 11.6 Å². The van der Waals surface area contributed by atoms with Crippen LogP contribution in [0, 0.1) is 0 Å². The van der Waals surface area contributed by atoms with E-state index in [0.29, 0.717) is 30.9 Å². The maximum atomic E-state index is 13.4. The number of sulfonamides is 1. The first-order valence-corrected chi connectivity index (χ1v) is 12.0. The van der Waals surface area contributed by atoms with Crippen molar-refractivity contribution in [1.82, 2.24) is 14.9 Å². The number of hydrogen-bond donors (Lipinski definition) is 1. The molecule has 8 nitrogen and oxygen atoms in total. The molecule has 3 heterocycles. The molecule has 1 N–H and O–H groups in total. The Hall–Kier alpha value is -3.33. The summed E-state index contributed by atoms with van der Waals surface area (Å²) in [4.78, 5) is 17.5. The number of hydrogen-bond acceptors (Lipinski definition) is 5. The third kappa shape index (κ3) is 3.52. The molecular formula is C23H24N4O4S. The van der Waals surface area contributed by atoms with E-state index in [2.05, 4.69) is 10.3 Å². The zero-order chi connectivity index (χ0) is 22.3. The number of para-hydroxylation sites is 1. The highest BCUT2D eigenvalue weighted by atomic mass is 32.2. The first-order chi connectivity index (χ1) is 15.5. The molecule has 0 fully saturated rings. The van der Waals surface area contributed by atoms with Gasteiger partial charge in [-0.25, -0.2) is 13.4 Å². The van der Waals surface area contributed by atoms with Gasteiger partial charge in [-0.2, -0.15) is 0 Å². The predicted octanol–water partition coefficient (Wildman–Crippen LogP) is 2.39. The Kier molecular flexibility index (Phi) is 5.13. The fraction of sp³-hybridized carbons (Fsp3) is 0.304. The molecule has 1 amide bonds. The van der Waals surface area contributed by atoms with Gasteiger partial charge in [0, 0.05) is 37.9 Å². The predicted molar refractivity (Wildman–Crippen MR) is 119 cm³/mol. The van der Waals surface area contributed by atoms with E-state index in [4.69, 9.17) is 4.74 Å². The summed E-state index contributed by atoms with van der Waals surface area (Å²) >= 11 is 0. The van der Waals surface area contributed by atoms with Crippen LogP contribution in [0.15, 0.2) is 59.8 Å². The maximum Gasteiger partial charge on any atom is 0.264 e. The second-order valence-electron chi connectivity index (χ2n) is 8.02. The summed E-state index contributed by atoms with van der Waals surface area (Å²) in [6.45, 7) is 1.01. The average molecular weight is 453 g/mol. The van der Waals surface area contributed by atoms with Gasteiger partial charge in [-0.3, -0.25) is 9.10 Å². The van der Waals surface area contributed by atoms with E-state index in [0.717, 1.165) is 24.2 Å². The van der Waals surface area contributed by atoms with Gasteiger partial charge >= 0.3 is 0 Å². The highest BCUT2D eigenvalue weighted by Crippen LogP contribution is 2.34. The highest BCUT2D eigenvalue weighted by Gasteiger charge is 2.32. The summed E-state index contributed by atoms with van der Waals surface area (Å²) in [6.07, 6.45) is 5.87. The molecule has 0 unspecified atom stereocenters. The molecule has 0 spiro atoms. The quantitative estimate of drug-likeness (QED) is 0.642. The van der Waals surface area contributed by atoms with Crippen molar-refractivity contribution < 1.29 is 17.9 Å². The van der Waals surface area contributed by atoms with E-state index in [1.807, 2.05) is 35.0 Å². The van der Waals surface area contributed by atoms with Crippen molar-refractivity contribution in [2.45, 2.75) is 36.7 Å². The van der Waals surface area contributed by atoms with Gasteiger partial charge in [-0.05, 0) is 42.7 Å². The number of amides is 1. The van der Waals surface area contributed by atoms with Crippen LogP contribution in [-0.2, 0) is 29.4 Å². The lowest BCUT2D eigenvalue weighted by Gasteiger charge is -2.25. The summed E-state index contributed by atoms with van der Waals surface area (Å²) in [5.74, 6) is 0.990. The van der Waals surface area contributed by atoms with Crippen molar-refractivity contribution in [2.24, 2.45) is 0 Å². The minimum atomic E-state index is -3.81. The molecule has 1 atom stereocenters. The number of rotatable bonds is 5. The van der Waals surface area contributed by atoms with Crippen LogP contribution >= 0.6 is 0 Å². The fourth-order valence-electron chi connectivity index (χ4n) is 4.46. The summed E-state index contributed by atoms with van der Waals surface area (Å²) in [7, 11) is -2.35. The highest BCUT2D eigenvalue weighted by molar-refractivity contribution is 7.92. The monoisotopic (exact) mass is 452 g/mol. The second-order valence-corrected chi connectivity index (χ2v) is 9.89. The minimum absolute atomic E-state index is 0.0698. The molecule has 0 bridgehead atoms. The number of nitrogens with one attached hydrogen (secondary N) is 1. The summed E-state index contributed by atoms with van der Waals surface area (Å²) in [5, 5.41) is 3.03. The Labute approximate surface area is 186 Å². The Morgan fingerprint density at radius 2 is 2.03 bits per heavy atom. The summed E-state index contributed by atoms with van der Waals surface area (Å²) in [6, 6.07) is 11.9. The summed E-state index contributed by atoms with van der Waals surface area (Å²) < 4.78 is 35.6. The first-order valence-electron chi connectivity index (χ1n) is 10.6. The number of imidazole rings is 1. The molecule has 2 aliphatic rings. The van der Waals surface area contributed by atoms with Crippen LogP contribution in [-0.4, -0.2) is 43.6 Å². The van der Waals surface area contributed by atoms with Crippen molar-refractivity contribution in [1.29, 1.82) is 0 Å². The number of carbonyl (C=O) groups excluding carboxylic acids is 1. The number of aryl methyl sites for hydroxylation is 1. The largest absolute Gasteiger partial charge is 0.496 e. The van der Waals surface area contributed by atoms with Gasteiger partial charge in [0.2, 0.25) is 0 Å². The Morgan fingerprint density at radius 1 is 1.19 bits per heavy atom. The van der Waals surface area contributed by atoms with E-state index in [9.17, 15) is 13.2 Å². The molecule has 32 heavy (non-hydrogen) atoms. The van der Waals surface area contributed by atoms with E-state index >= 15 is 0 Å². The van der Waals surface area contributed by atoms with Crippen molar-refractivity contribution in [3.05, 3.63) is 71.8 Å². The lowest BCUT2D eigenvalue weighted by Crippen LogP contribution is -2.41. The van der Waals surface area contributed by atoms with E-state index in [1.165, 1.54) is 23.5 Å². The number of anilines is 1. The van der Waals surface area contributed by atoms with Crippen molar-refractivity contribution in [3.63, 3.8) is 0 Å². The Morgan fingerprint density at radius 3 is 2.88 bits per heavy atom. The molecule has 1 aromatic heterocycles. The molecule has 0 radical (unpaired) electrons. The zero-order valence-corrected chi connectivity index (χ0v) is 18.5. The average Bonchev–Trinajstić information content (AvgIpc) is 3.45.